The summed E-state index contributed by atoms with van der Waals surface area (Å²) in [4.78, 5) is 13.4. The number of aryl methyl sites for hydroxylation is 1. The second-order valence-electron chi connectivity index (χ2n) is 7.35. The van der Waals surface area contributed by atoms with Gasteiger partial charge in [0, 0.05) is 57.8 Å². The van der Waals surface area contributed by atoms with Gasteiger partial charge in [0.25, 0.3) is 0 Å². The van der Waals surface area contributed by atoms with Crippen molar-refractivity contribution in [1.29, 1.82) is 0 Å². The lowest BCUT2D eigenvalue weighted by atomic mass is 9.88. The van der Waals surface area contributed by atoms with Gasteiger partial charge in [0.15, 0.2) is 0 Å². The molecule has 1 spiro atoms. The minimum absolute atomic E-state index is 0.0336. The Balaban J connectivity index is 1.40. The van der Waals surface area contributed by atoms with Gasteiger partial charge >= 0.3 is 0 Å². The van der Waals surface area contributed by atoms with Crippen LogP contribution in [0, 0.1) is 0 Å². The first-order valence-electron chi connectivity index (χ1n) is 8.97. The van der Waals surface area contributed by atoms with Crippen LogP contribution in [0.25, 0.3) is 0 Å². The highest BCUT2D eigenvalue weighted by Crippen LogP contribution is 2.37. The summed E-state index contributed by atoms with van der Waals surface area (Å²) in [6.07, 6.45) is 11.0. The molecule has 134 valence electrons. The molecule has 0 unspecified atom stereocenters. The van der Waals surface area contributed by atoms with Crippen LogP contribution in [0.2, 0.25) is 0 Å². The number of hydrogen-bond acceptors (Lipinski definition) is 6. The number of anilines is 1. The Morgan fingerprint density at radius 3 is 2.96 bits per heavy atom. The third-order valence-corrected chi connectivity index (χ3v) is 5.39. The lowest BCUT2D eigenvalue weighted by Gasteiger charge is -2.39. The van der Waals surface area contributed by atoms with Gasteiger partial charge in [-0.15, -0.1) is 0 Å². The fourth-order valence-corrected chi connectivity index (χ4v) is 4.13. The van der Waals surface area contributed by atoms with Gasteiger partial charge < -0.3 is 9.64 Å². The maximum absolute atomic E-state index is 6.35. The summed E-state index contributed by atoms with van der Waals surface area (Å²) in [5.74, 6) is 0.774. The molecule has 0 bridgehead atoms. The Labute approximate surface area is 148 Å². The molecule has 2 atom stereocenters. The average molecular weight is 342 g/mol. The van der Waals surface area contributed by atoms with Crippen LogP contribution in [0.1, 0.15) is 24.8 Å². The number of nitrogens with zero attached hydrogens (tertiary/aromatic N) is 6. The van der Waals surface area contributed by atoms with Gasteiger partial charge in [0.05, 0.1) is 24.4 Å². The van der Waals surface area contributed by atoms with Gasteiger partial charge in [-0.25, -0.2) is 9.97 Å². The van der Waals surface area contributed by atoms with Crippen molar-refractivity contribution < 1.29 is 4.74 Å². The molecule has 2 fully saturated rings. The normalized spacial score (nSPS) is 27.0. The fraction of sp³-hybridized carbons (Fsp3) is 0.611. The molecule has 25 heavy (non-hydrogen) atoms. The summed E-state index contributed by atoms with van der Waals surface area (Å²) in [7, 11) is 4.03. The van der Waals surface area contributed by atoms with E-state index in [2.05, 4.69) is 38.1 Å². The number of piperidine rings is 1. The summed E-state index contributed by atoms with van der Waals surface area (Å²) in [5, 5.41) is 4.28. The van der Waals surface area contributed by atoms with Gasteiger partial charge in [0.2, 0.25) is 5.95 Å². The Hall–Kier alpha value is -1.99. The lowest BCUT2D eigenvalue weighted by Crippen LogP contribution is -2.48. The molecule has 2 aliphatic rings. The van der Waals surface area contributed by atoms with Crippen LogP contribution >= 0.6 is 0 Å². The fourth-order valence-electron chi connectivity index (χ4n) is 4.13. The van der Waals surface area contributed by atoms with Crippen LogP contribution in [-0.4, -0.2) is 63.0 Å². The van der Waals surface area contributed by atoms with Crippen molar-refractivity contribution in [1.82, 2.24) is 24.6 Å². The van der Waals surface area contributed by atoms with Crippen molar-refractivity contribution in [3.63, 3.8) is 0 Å². The SMILES string of the molecule is CN(c1ncccn1)[C@H]1CO[C@@]2(CCCN(Cc3cnn(C)c3)C2)C1. The first-order chi connectivity index (χ1) is 12.1. The molecule has 0 aliphatic carbocycles. The van der Waals surface area contributed by atoms with Gasteiger partial charge in [-0.1, -0.05) is 0 Å². The van der Waals surface area contributed by atoms with Gasteiger partial charge in [-0.05, 0) is 25.5 Å². The van der Waals surface area contributed by atoms with Crippen LogP contribution in [0.4, 0.5) is 5.95 Å². The van der Waals surface area contributed by atoms with Crippen LogP contribution in [0.3, 0.4) is 0 Å². The first-order valence-corrected chi connectivity index (χ1v) is 8.97. The molecule has 0 radical (unpaired) electrons. The topological polar surface area (TPSA) is 59.3 Å². The van der Waals surface area contributed by atoms with Crippen molar-refractivity contribution in [2.45, 2.75) is 37.5 Å². The Kier molecular flexibility index (Phi) is 4.43. The molecule has 4 heterocycles. The summed E-state index contributed by atoms with van der Waals surface area (Å²) < 4.78 is 8.22. The van der Waals surface area contributed by atoms with Gasteiger partial charge in [0.1, 0.15) is 0 Å². The summed E-state index contributed by atoms with van der Waals surface area (Å²) in [6.45, 7) is 3.81. The van der Waals surface area contributed by atoms with Crippen molar-refractivity contribution in [2.75, 3.05) is 31.6 Å². The first kappa shape index (κ1) is 16.5. The van der Waals surface area contributed by atoms with E-state index in [0.29, 0.717) is 6.04 Å². The third kappa shape index (κ3) is 3.52. The molecule has 4 rings (SSSR count). The average Bonchev–Trinajstić information content (AvgIpc) is 3.22. The zero-order valence-corrected chi connectivity index (χ0v) is 15.0. The quantitative estimate of drug-likeness (QED) is 0.839. The van der Waals surface area contributed by atoms with Gasteiger partial charge in [-0.3, -0.25) is 9.58 Å². The van der Waals surface area contributed by atoms with Crippen molar-refractivity contribution in [3.8, 4) is 0 Å². The number of likely N-dealkylation sites (tertiary alicyclic amines) is 1. The Bertz CT molecular complexity index is 705. The third-order valence-electron chi connectivity index (χ3n) is 5.39. The lowest BCUT2D eigenvalue weighted by molar-refractivity contribution is -0.0533. The second kappa shape index (κ2) is 6.72. The molecule has 7 heteroatoms. The van der Waals surface area contributed by atoms with Crippen LogP contribution < -0.4 is 4.90 Å². The van der Waals surface area contributed by atoms with Gasteiger partial charge in [-0.2, -0.15) is 5.10 Å². The summed E-state index contributed by atoms with van der Waals surface area (Å²) >= 11 is 0. The van der Waals surface area contributed by atoms with E-state index in [4.69, 9.17) is 4.74 Å². The highest BCUT2D eigenvalue weighted by atomic mass is 16.5. The Morgan fingerprint density at radius 2 is 2.20 bits per heavy atom. The van der Waals surface area contributed by atoms with E-state index in [1.807, 2.05) is 24.0 Å². The van der Waals surface area contributed by atoms with E-state index in [1.54, 1.807) is 12.4 Å². The molecule has 0 N–H and O–H groups in total. The Morgan fingerprint density at radius 1 is 1.36 bits per heavy atom. The van der Waals surface area contributed by atoms with E-state index in [1.165, 1.54) is 12.0 Å². The monoisotopic (exact) mass is 342 g/mol. The summed E-state index contributed by atoms with van der Waals surface area (Å²) in [5.41, 5.74) is 1.23. The van der Waals surface area contributed by atoms with Crippen LogP contribution in [0.5, 0.6) is 0 Å². The van der Waals surface area contributed by atoms with E-state index >= 15 is 0 Å². The number of ether oxygens (including phenoxy) is 1. The highest BCUT2D eigenvalue weighted by Gasteiger charge is 2.44. The molecule has 2 aliphatic heterocycles. The van der Waals surface area contributed by atoms with E-state index in [0.717, 1.165) is 45.0 Å². The molecular weight excluding hydrogens is 316 g/mol. The van der Waals surface area contributed by atoms with E-state index in [9.17, 15) is 0 Å². The standard InChI is InChI=1S/C18H26N6O/c1-22-11-15(10-21-22)12-24-8-3-5-18(14-24)9-16(13-25-18)23(2)17-19-6-4-7-20-17/h4,6-7,10-11,16H,3,5,8-9,12-14H2,1-2H3/t16-,18+/m1/s1. The van der Waals surface area contributed by atoms with Crippen molar-refractivity contribution in [2.24, 2.45) is 7.05 Å². The number of hydrogen-bond donors (Lipinski definition) is 0. The molecule has 0 saturated carbocycles. The number of aromatic nitrogens is 4. The van der Waals surface area contributed by atoms with Crippen molar-refractivity contribution >= 4 is 5.95 Å². The van der Waals surface area contributed by atoms with Crippen LogP contribution in [0.15, 0.2) is 30.9 Å². The van der Waals surface area contributed by atoms with Crippen LogP contribution in [-0.2, 0) is 18.3 Å². The molecule has 2 saturated heterocycles. The number of likely N-dealkylation sites (N-methyl/N-ethyl adjacent to an activating group) is 1. The minimum atomic E-state index is -0.0336. The maximum atomic E-state index is 6.35. The molecule has 7 nitrogen and oxygen atoms in total. The predicted octanol–water partition coefficient (Wildman–Crippen LogP) is 1.47. The minimum Gasteiger partial charge on any atom is -0.371 e. The zero-order valence-electron chi connectivity index (χ0n) is 15.0. The molecular formula is C18H26N6O. The smallest absolute Gasteiger partial charge is 0.225 e. The molecule has 2 aromatic heterocycles. The largest absolute Gasteiger partial charge is 0.371 e. The molecule has 2 aromatic rings. The maximum Gasteiger partial charge on any atom is 0.225 e. The second-order valence-corrected chi connectivity index (χ2v) is 7.35. The van der Waals surface area contributed by atoms with E-state index < -0.39 is 0 Å². The predicted molar refractivity (Wildman–Crippen MR) is 95.2 cm³/mol. The van der Waals surface area contributed by atoms with Crippen molar-refractivity contribution in [3.05, 3.63) is 36.4 Å². The summed E-state index contributed by atoms with van der Waals surface area (Å²) in [6, 6.07) is 2.18. The molecule has 0 amide bonds. The van der Waals surface area contributed by atoms with E-state index in [-0.39, 0.29) is 5.60 Å². The number of rotatable bonds is 4. The molecule has 0 aromatic carbocycles. The highest BCUT2D eigenvalue weighted by molar-refractivity contribution is 5.30. The zero-order chi connectivity index (χ0) is 17.3.